The van der Waals surface area contributed by atoms with E-state index in [9.17, 15) is 35.1 Å². The van der Waals surface area contributed by atoms with Crippen molar-refractivity contribution in [2.24, 2.45) is 0 Å². The molecule has 162 valence electrons. The number of aliphatic hydroxyl groups is 5. The number of ether oxygens (including phenoxy) is 5. The number of carbonyl (C=O) groups is 2. The van der Waals surface area contributed by atoms with Gasteiger partial charge in [-0.1, -0.05) is 0 Å². The minimum atomic E-state index is -1.77. The highest BCUT2D eigenvalue weighted by molar-refractivity contribution is 5.67. The van der Waals surface area contributed by atoms with Crippen LogP contribution in [-0.2, 0) is 33.3 Å². The molecule has 12 heteroatoms. The Labute approximate surface area is 160 Å². The molecule has 0 bridgehead atoms. The van der Waals surface area contributed by atoms with E-state index in [-0.39, 0.29) is 0 Å². The Morgan fingerprint density at radius 1 is 0.857 bits per heavy atom. The van der Waals surface area contributed by atoms with Gasteiger partial charge in [-0.05, 0) is 6.92 Å². The predicted octanol–water partition coefficient (Wildman–Crippen LogP) is -3.23. The number of hydrogen-bond donors (Lipinski definition) is 5. The fraction of sp³-hybridized carbons (Fsp3) is 0.875. The Kier molecular flexibility index (Phi) is 7.70. The predicted molar refractivity (Wildman–Crippen MR) is 86.3 cm³/mol. The number of aliphatic hydroxyl groups excluding tert-OH is 5. The van der Waals surface area contributed by atoms with Crippen molar-refractivity contribution in [1.29, 1.82) is 0 Å². The van der Waals surface area contributed by atoms with E-state index < -0.39 is 80.0 Å². The molecule has 0 unspecified atom stereocenters. The molecule has 2 heterocycles. The van der Waals surface area contributed by atoms with E-state index in [1.54, 1.807) is 0 Å². The van der Waals surface area contributed by atoms with Gasteiger partial charge in [0, 0.05) is 13.8 Å². The Balaban J connectivity index is 2.28. The van der Waals surface area contributed by atoms with E-state index in [2.05, 4.69) is 0 Å². The average molecular weight is 410 g/mol. The van der Waals surface area contributed by atoms with E-state index in [0.29, 0.717) is 0 Å². The largest absolute Gasteiger partial charge is 0.455 e. The fourth-order valence-corrected chi connectivity index (χ4v) is 3.12. The lowest BCUT2D eigenvalue weighted by molar-refractivity contribution is -0.353. The van der Waals surface area contributed by atoms with Crippen molar-refractivity contribution in [2.75, 3.05) is 6.61 Å². The van der Waals surface area contributed by atoms with Gasteiger partial charge in [-0.3, -0.25) is 9.59 Å². The monoisotopic (exact) mass is 410 g/mol. The van der Waals surface area contributed by atoms with E-state index in [4.69, 9.17) is 23.7 Å². The minimum Gasteiger partial charge on any atom is -0.455 e. The zero-order valence-electron chi connectivity index (χ0n) is 15.6. The maximum absolute atomic E-state index is 11.5. The normalized spacial score (nSPS) is 44.0. The molecule has 0 radical (unpaired) electrons. The molecule has 2 fully saturated rings. The molecule has 12 nitrogen and oxygen atoms in total. The first-order chi connectivity index (χ1) is 13.1. The van der Waals surface area contributed by atoms with E-state index in [1.807, 2.05) is 0 Å². The van der Waals surface area contributed by atoms with Crippen LogP contribution in [0, 0.1) is 0 Å². The number of rotatable bonds is 5. The van der Waals surface area contributed by atoms with Gasteiger partial charge in [0.15, 0.2) is 24.8 Å². The number of esters is 2. The van der Waals surface area contributed by atoms with Gasteiger partial charge in [-0.2, -0.15) is 0 Å². The number of hydrogen-bond acceptors (Lipinski definition) is 12. The van der Waals surface area contributed by atoms with Crippen LogP contribution < -0.4 is 0 Å². The van der Waals surface area contributed by atoms with E-state index in [1.165, 1.54) is 6.92 Å². The van der Waals surface area contributed by atoms with Crippen LogP contribution in [-0.4, -0.2) is 105 Å². The van der Waals surface area contributed by atoms with E-state index in [0.717, 1.165) is 13.8 Å². The van der Waals surface area contributed by atoms with Crippen molar-refractivity contribution in [3.63, 3.8) is 0 Å². The second-order valence-electron chi connectivity index (χ2n) is 6.68. The van der Waals surface area contributed by atoms with Crippen LogP contribution >= 0.6 is 0 Å². The molecule has 2 rings (SSSR count). The molecule has 0 aliphatic carbocycles. The van der Waals surface area contributed by atoms with Gasteiger partial charge in [-0.15, -0.1) is 0 Å². The summed E-state index contributed by atoms with van der Waals surface area (Å²) in [5.41, 5.74) is 0. The molecular weight excluding hydrogens is 384 g/mol. The molecule has 0 spiro atoms. The first kappa shape index (κ1) is 22.9. The zero-order chi connectivity index (χ0) is 21.2. The molecule has 5 N–H and O–H groups in total. The second-order valence-corrected chi connectivity index (χ2v) is 6.68. The van der Waals surface area contributed by atoms with Gasteiger partial charge in [0.05, 0.1) is 12.7 Å². The second kappa shape index (κ2) is 9.41. The summed E-state index contributed by atoms with van der Waals surface area (Å²) in [5.74, 6) is -1.54. The van der Waals surface area contributed by atoms with E-state index >= 15 is 0 Å². The summed E-state index contributed by atoms with van der Waals surface area (Å²) in [6, 6.07) is 0. The zero-order valence-corrected chi connectivity index (χ0v) is 15.6. The van der Waals surface area contributed by atoms with Crippen LogP contribution in [0.1, 0.15) is 20.8 Å². The smallest absolute Gasteiger partial charge is 0.303 e. The Bertz CT molecular complexity index is 556. The third kappa shape index (κ3) is 4.96. The third-order valence-corrected chi connectivity index (χ3v) is 4.49. The standard InChI is InChI=1S/C16H26O12/c1-5-9(20)13(25-6(2)18)14(26-7(3)19)16(24-5)28-12-10(21)8(4-17)27-15(23)11(12)22/h5,8-17,20-23H,4H2,1-3H3/t5-,8+,9-,10+,11+,12-,13+,14+,15+,16-/m0/s1. The van der Waals surface area contributed by atoms with Crippen molar-refractivity contribution in [3.8, 4) is 0 Å². The third-order valence-electron chi connectivity index (χ3n) is 4.49. The molecule has 0 aromatic heterocycles. The lowest BCUT2D eigenvalue weighted by Gasteiger charge is -2.46. The first-order valence-electron chi connectivity index (χ1n) is 8.70. The van der Waals surface area contributed by atoms with Crippen LogP contribution in [0.5, 0.6) is 0 Å². The summed E-state index contributed by atoms with van der Waals surface area (Å²) in [6.07, 6.45) is -14.4. The molecule has 0 saturated carbocycles. The SMILES string of the molecule is CC(=O)O[C@@H]1[C@@H](O)[C@H](C)O[C@@H](O[C@@H]2[C@@H](O)[C@H](O)O[C@H](CO)[C@H]2O)[C@@H]1OC(C)=O. The summed E-state index contributed by atoms with van der Waals surface area (Å²) in [6.45, 7) is 2.95. The maximum Gasteiger partial charge on any atom is 0.303 e. The number of carbonyl (C=O) groups excluding carboxylic acids is 2. The molecule has 28 heavy (non-hydrogen) atoms. The highest BCUT2D eigenvalue weighted by atomic mass is 16.7. The topological polar surface area (TPSA) is 181 Å². The molecule has 0 amide bonds. The molecule has 0 aromatic rings. The Morgan fingerprint density at radius 3 is 1.96 bits per heavy atom. The maximum atomic E-state index is 11.5. The molecule has 10 atom stereocenters. The van der Waals surface area contributed by atoms with Crippen molar-refractivity contribution < 1.29 is 58.8 Å². The molecule has 0 aromatic carbocycles. The summed E-state index contributed by atoms with van der Waals surface area (Å²) < 4.78 is 26.1. The van der Waals surface area contributed by atoms with Crippen LogP contribution in [0.2, 0.25) is 0 Å². The van der Waals surface area contributed by atoms with Gasteiger partial charge in [0.25, 0.3) is 0 Å². The van der Waals surface area contributed by atoms with Crippen molar-refractivity contribution in [1.82, 2.24) is 0 Å². The summed E-state index contributed by atoms with van der Waals surface area (Å²) in [5, 5.41) is 49.7. The quantitative estimate of drug-likeness (QED) is 0.286. The minimum absolute atomic E-state index is 0.672. The van der Waals surface area contributed by atoms with Crippen molar-refractivity contribution >= 4 is 11.9 Å². The lowest BCUT2D eigenvalue weighted by Crippen LogP contribution is -2.65. The van der Waals surface area contributed by atoms with Gasteiger partial charge in [-0.25, -0.2) is 0 Å². The fourth-order valence-electron chi connectivity index (χ4n) is 3.12. The van der Waals surface area contributed by atoms with Gasteiger partial charge < -0.3 is 49.2 Å². The Morgan fingerprint density at radius 2 is 1.43 bits per heavy atom. The van der Waals surface area contributed by atoms with Crippen LogP contribution in [0.3, 0.4) is 0 Å². The summed E-state index contributed by atoms with van der Waals surface area (Å²) in [7, 11) is 0. The molecule has 2 aliphatic rings. The first-order valence-corrected chi connectivity index (χ1v) is 8.70. The van der Waals surface area contributed by atoms with Gasteiger partial charge in [0.2, 0.25) is 0 Å². The van der Waals surface area contributed by atoms with Gasteiger partial charge >= 0.3 is 11.9 Å². The molecule has 2 saturated heterocycles. The summed E-state index contributed by atoms with van der Waals surface area (Å²) >= 11 is 0. The highest BCUT2D eigenvalue weighted by Gasteiger charge is 2.52. The lowest BCUT2D eigenvalue weighted by atomic mass is 9.97. The Hall–Kier alpha value is -1.38. The average Bonchev–Trinajstić information content (AvgIpc) is 2.61. The highest BCUT2D eigenvalue weighted by Crippen LogP contribution is 2.31. The van der Waals surface area contributed by atoms with Crippen molar-refractivity contribution in [3.05, 3.63) is 0 Å². The van der Waals surface area contributed by atoms with Crippen LogP contribution in [0.15, 0.2) is 0 Å². The summed E-state index contributed by atoms with van der Waals surface area (Å²) in [4.78, 5) is 22.9. The van der Waals surface area contributed by atoms with Crippen molar-refractivity contribution in [2.45, 2.75) is 82.2 Å². The van der Waals surface area contributed by atoms with Crippen LogP contribution in [0.4, 0.5) is 0 Å². The molecular formula is C16H26O12. The van der Waals surface area contributed by atoms with Crippen LogP contribution in [0.25, 0.3) is 0 Å². The van der Waals surface area contributed by atoms with Gasteiger partial charge in [0.1, 0.15) is 30.5 Å². The molecule has 2 aliphatic heterocycles.